The van der Waals surface area contributed by atoms with Crippen LogP contribution in [0.5, 0.6) is 11.5 Å². The minimum atomic E-state index is 0.113. The van der Waals surface area contributed by atoms with Gasteiger partial charge in [0.05, 0.1) is 20.8 Å². The quantitative estimate of drug-likeness (QED) is 0.835. The van der Waals surface area contributed by atoms with Crippen LogP contribution >= 0.6 is 0 Å². The van der Waals surface area contributed by atoms with Crippen LogP contribution in [0.4, 0.5) is 0 Å². The van der Waals surface area contributed by atoms with Gasteiger partial charge < -0.3 is 14.8 Å². The lowest BCUT2D eigenvalue weighted by molar-refractivity contribution is -0.122. The summed E-state index contributed by atoms with van der Waals surface area (Å²) in [6.45, 7) is 3.25. The van der Waals surface area contributed by atoms with Gasteiger partial charge in [-0.2, -0.15) is 0 Å². The highest BCUT2D eigenvalue weighted by molar-refractivity contribution is 5.78. The number of benzene rings is 1. The second-order valence-corrected chi connectivity index (χ2v) is 5.63. The van der Waals surface area contributed by atoms with E-state index in [2.05, 4.69) is 10.2 Å². The zero-order valence-electron chi connectivity index (χ0n) is 13.6. The first-order valence-corrected chi connectivity index (χ1v) is 7.93. The van der Waals surface area contributed by atoms with E-state index in [-0.39, 0.29) is 5.91 Å². The van der Waals surface area contributed by atoms with Crippen molar-refractivity contribution in [3.05, 3.63) is 23.8 Å². The van der Waals surface area contributed by atoms with Crippen LogP contribution < -0.4 is 14.8 Å². The van der Waals surface area contributed by atoms with E-state index in [1.165, 1.54) is 19.3 Å². The lowest BCUT2D eigenvalue weighted by Gasteiger charge is -2.25. The van der Waals surface area contributed by atoms with Crippen molar-refractivity contribution in [2.24, 2.45) is 0 Å². The Hall–Kier alpha value is -1.75. The Morgan fingerprint density at radius 1 is 1.14 bits per heavy atom. The summed E-state index contributed by atoms with van der Waals surface area (Å²) in [6.07, 6.45) is 4.49. The summed E-state index contributed by atoms with van der Waals surface area (Å²) in [7, 11) is 3.25. The molecule has 1 heterocycles. The first-order chi connectivity index (χ1) is 10.7. The molecule has 1 amide bonds. The van der Waals surface area contributed by atoms with Crippen molar-refractivity contribution in [1.29, 1.82) is 0 Å². The number of nitrogens with one attached hydrogen (secondary N) is 1. The normalized spacial score (nSPS) is 15.4. The molecule has 0 aliphatic carbocycles. The number of hydrogen-bond acceptors (Lipinski definition) is 4. The number of carbonyl (C=O) groups is 1. The van der Waals surface area contributed by atoms with Gasteiger partial charge >= 0.3 is 0 Å². The average Bonchev–Trinajstić information content (AvgIpc) is 2.55. The summed E-state index contributed by atoms with van der Waals surface area (Å²) in [4.78, 5) is 14.2. The van der Waals surface area contributed by atoms with E-state index in [0.717, 1.165) is 36.6 Å². The summed E-state index contributed by atoms with van der Waals surface area (Å²) < 4.78 is 10.5. The van der Waals surface area contributed by atoms with Crippen molar-refractivity contribution < 1.29 is 14.3 Å². The van der Waals surface area contributed by atoms with Crippen LogP contribution in [0.15, 0.2) is 18.2 Å². The van der Waals surface area contributed by atoms with Crippen LogP contribution in [0.25, 0.3) is 0 Å². The molecular formula is C17H26N2O3. The fourth-order valence-corrected chi connectivity index (χ4v) is 2.76. The van der Waals surface area contributed by atoms with E-state index < -0.39 is 0 Å². The molecule has 122 valence electrons. The Bertz CT molecular complexity index is 485. The second-order valence-electron chi connectivity index (χ2n) is 5.63. The van der Waals surface area contributed by atoms with Gasteiger partial charge in [0.2, 0.25) is 5.91 Å². The number of hydrogen-bond donors (Lipinski definition) is 1. The number of ether oxygens (including phenoxy) is 2. The molecule has 1 aromatic carbocycles. The molecular weight excluding hydrogens is 280 g/mol. The van der Waals surface area contributed by atoms with E-state index in [4.69, 9.17) is 9.47 Å². The maximum absolute atomic E-state index is 11.9. The first-order valence-electron chi connectivity index (χ1n) is 7.93. The zero-order valence-corrected chi connectivity index (χ0v) is 13.6. The van der Waals surface area contributed by atoms with E-state index in [0.29, 0.717) is 13.1 Å². The molecule has 1 aliphatic rings. The zero-order chi connectivity index (χ0) is 15.8. The van der Waals surface area contributed by atoms with E-state index >= 15 is 0 Å². The third-order valence-corrected chi connectivity index (χ3v) is 4.00. The molecule has 0 saturated carbocycles. The van der Waals surface area contributed by atoms with Crippen LogP contribution in [-0.4, -0.2) is 51.2 Å². The number of nitrogens with zero attached hydrogens (tertiary/aromatic N) is 1. The molecule has 0 atom stereocenters. The van der Waals surface area contributed by atoms with Gasteiger partial charge in [-0.3, -0.25) is 9.69 Å². The maximum Gasteiger partial charge on any atom is 0.234 e. The SMILES string of the molecule is COc1ccc(CCNC(=O)CN2CCCCC2)cc1OC. The van der Waals surface area contributed by atoms with Gasteiger partial charge in [-0.15, -0.1) is 0 Å². The summed E-state index contributed by atoms with van der Waals surface area (Å²) in [6, 6.07) is 5.84. The van der Waals surface area contributed by atoms with Crippen molar-refractivity contribution in [3.8, 4) is 11.5 Å². The predicted octanol–water partition coefficient (Wildman–Crippen LogP) is 1.85. The molecule has 5 heteroatoms. The lowest BCUT2D eigenvalue weighted by atomic mass is 10.1. The molecule has 0 aromatic heterocycles. The summed E-state index contributed by atoms with van der Waals surface area (Å²) >= 11 is 0. The number of methoxy groups -OCH3 is 2. The van der Waals surface area contributed by atoms with Crippen LogP contribution in [0.2, 0.25) is 0 Å². The number of rotatable bonds is 7. The topological polar surface area (TPSA) is 50.8 Å². The molecule has 0 spiro atoms. The Balaban J connectivity index is 1.74. The Kier molecular flexibility index (Phi) is 6.52. The Morgan fingerprint density at radius 3 is 2.55 bits per heavy atom. The maximum atomic E-state index is 11.9. The molecule has 0 radical (unpaired) electrons. The predicted molar refractivity (Wildman–Crippen MR) is 86.6 cm³/mol. The fourth-order valence-electron chi connectivity index (χ4n) is 2.76. The van der Waals surface area contributed by atoms with Crippen molar-refractivity contribution in [2.75, 3.05) is 40.4 Å². The van der Waals surface area contributed by atoms with Gasteiger partial charge in [-0.1, -0.05) is 12.5 Å². The van der Waals surface area contributed by atoms with Crippen molar-refractivity contribution in [2.45, 2.75) is 25.7 Å². The molecule has 5 nitrogen and oxygen atoms in total. The molecule has 1 saturated heterocycles. The fraction of sp³-hybridized carbons (Fsp3) is 0.588. The third-order valence-electron chi connectivity index (χ3n) is 4.00. The van der Waals surface area contributed by atoms with Gasteiger partial charge in [0.25, 0.3) is 0 Å². The lowest BCUT2D eigenvalue weighted by Crippen LogP contribution is -2.40. The van der Waals surface area contributed by atoms with Crippen molar-refractivity contribution >= 4 is 5.91 Å². The molecule has 2 rings (SSSR count). The molecule has 1 N–H and O–H groups in total. The molecule has 0 unspecified atom stereocenters. The van der Waals surface area contributed by atoms with Crippen molar-refractivity contribution in [3.63, 3.8) is 0 Å². The second kappa shape index (κ2) is 8.63. The summed E-state index contributed by atoms with van der Waals surface area (Å²) in [5, 5.41) is 2.99. The Morgan fingerprint density at radius 2 is 1.86 bits per heavy atom. The smallest absolute Gasteiger partial charge is 0.234 e. The first kappa shape index (κ1) is 16.6. The minimum absolute atomic E-state index is 0.113. The van der Waals surface area contributed by atoms with Gasteiger partial charge in [-0.05, 0) is 50.0 Å². The average molecular weight is 306 g/mol. The summed E-state index contributed by atoms with van der Waals surface area (Å²) in [5.41, 5.74) is 1.12. The third kappa shape index (κ3) is 4.91. The highest BCUT2D eigenvalue weighted by Crippen LogP contribution is 2.27. The molecule has 1 aromatic rings. The highest BCUT2D eigenvalue weighted by atomic mass is 16.5. The van der Waals surface area contributed by atoms with Gasteiger partial charge in [0.15, 0.2) is 11.5 Å². The Labute approximate surface area is 132 Å². The minimum Gasteiger partial charge on any atom is -0.493 e. The number of piperidine rings is 1. The monoisotopic (exact) mass is 306 g/mol. The summed E-state index contributed by atoms with van der Waals surface area (Å²) in [5.74, 6) is 1.56. The van der Waals surface area contributed by atoms with Gasteiger partial charge in [0.1, 0.15) is 0 Å². The van der Waals surface area contributed by atoms with Crippen molar-refractivity contribution in [1.82, 2.24) is 10.2 Å². The molecule has 1 fully saturated rings. The molecule has 22 heavy (non-hydrogen) atoms. The number of amides is 1. The number of carbonyl (C=O) groups excluding carboxylic acids is 1. The van der Waals surface area contributed by atoms with E-state index in [1.807, 2.05) is 18.2 Å². The van der Waals surface area contributed by atoms with Crippen LogP contribution in [-0.2, 0) is 11.2 Å². The van der Waals surface area contributed by atoms with Gasteiger partial charge in [-0.25, -0.2) is 0 Å². The standard InChI is InChI=1S/C17H26N2O3/c1-21-15-7-6-14(12-16(15)22-2)8-9-18-17(20)13-19-10-4-3-5-11-19/h6-7,12H,3-5,8-11,13H2,1-2H3,(H,18,20). The van der Waals surface area contributed by atoms with E-state index in [9.17, 15) is 4.79 Å². The van der Waals surface area contributed by atoms with Crippen LogP contribution in [0.1, 0.15) is 24.8 Å². The number of likely N-dealkylation sites (tertiary alicyclic amines) is 1. The largest absolute Gasteiger partial charge is 0.493 e. The molecule has 1 aliphatic heterocycles. The van der Waals surface area contributed by atoms with Crippen LogP contribution in [0, 0.1) is 0 Å². The van der Waals surface area contributed by atoms with Crippen LogP contribution in [0.3, 0.4) is 0 Å². The molecule has 0 bridgehead atoms. The van der Waals surface area contributed by atoms with E-state index in [1.54, 1.807) is 14.2 Å². The highest BCUT2D eigenvalue weighted by Gasteiger charge is 2.13. The van der Waals surface area contributed by atoms with Gasteiger partial charge in [0, 0.05) is 6.54 Å².